The molecule has 178 valence electrons. The molecule has 2 heterocycles. The van der Waals surface area contributed by atoms with Crippen molar-refractivity contribution in [3.63, 3.8) is 0 Å². The first-order chi connectivity index (χ1) is 16.4. The number of carbonyl (C=O) groups excluding carboxylic acids is 1. The molecule has 0 radical (unpaired) electrons. The van der Waals surface area contributed by atoms with Gasteiger partial charge in [0.1, 0.15) is 0 Å². The lowest BCUT2D eigenvalue weighted by atomic mass is 10.0. The van der Waals surface area contributed by atoms with Crippen molar-refractivity contribution in [2.45, 2.75) is 38.6 Å². The molecule has 1 saturated heterocycles. The van der Waals surface area contributed by atoms with Crippen molar-refractivity contribution in [1.29, 1.82) is 0 Å². The van der Waals surface area contributed by atoms with Gasteiger partial charge in [-0.05, 0) is 57.0 Å². The van der Waals surface area contributed by atoms with Crippen molar-refractivity contribution < 1.29 is 4.79 Å². The van der Waals surface area contributed by atoms with E-state index in [9.17, 15) is 9.59 Å². The molecule has 1 unspecified atom stereocenters. The number of likely N-dealkylation sites (tertiary alicyclic amines) is 1. The smallest absolute Gasteiger partial charge is 0.276 e. The largest absolute Gasteiger partial charge is 0.397 e. The fourth-order valence-electron chi connectivity index (χ4n) is 4.40. The molecule has 1 aliphatic rings. The van der Waals surface area contributed by atoms with Crippen molar-refractivity contribution in [2.24, 2.45) is 11.5 Å². The van der Waals surface area contributed by atoms with Gasteiger partial charge >= 0.3 is 0 Å². The van der Waals surface area contributed by atoms with E-state index in [-0.39, 0.29) is 23.0 Å². The maximum absolute atomic E-state index is 12.7. The van der Waals surface area contributed by atoms with Gasteiger partial charge in [-0.2, -0.15) is 0 Å². The van der Waals surface area contributed by atoms with Crippen molar-refractivity contribution in [3.8, 4) is 0 Å². The van der Waals surface area contributed by atoms with Crippen LogP contribution >= 0.6 is 0 Å². The fraction of sp³-hybridized carbons (Fsp3) is 0.346. The number of H-pyrrole nitrogens is 1. The predicted octanol–water partition coefficient (Wildman–Crippen LogP) is 2.66. The number of fused-ring (bicyclic) bond motifs is 1. The SMILES string of the molecule is CC1CCCCN1CCCNC(=O)c1cccc(/C(N)=C(\N)c2nc3ccccc3[nH]c2=O)c1. The van der Waals surface area contributed by atoms with Crippen LogP contribution in [0.2, 0.25) is 0 Å². The number of carbonyl (C=O) groups is 1. The molecule has 0 saturated carbocycles. The van der Waals surface area contributed by atoms with E-state index >= 15 is 0 Å². The summed E-state index contributed by atoms with van der Waals surface area (Å²) in [6.45, 7) is 5.00. The normalized spacial score (nSPS) is 17.4. The summed E-state index contributed by atoms with van der Waals surface area (Å²) in [6, 6.07) is 14.7. The number of aromatic nitrogens is 2. The minimum atomic E-state index is -0.420. The van der Waals surface area contributed by atoms with Crippen LogP contribution in [0.25, 0.3) is 22.4 Å². The summed E-state index contributed by atoms with van der Waals surface area (Å²) >= 11 is 0. The van der Waals surface area contributed by atoms with Crippen LogP contribution in [0, 0.1) is 0 Å². The number of rotatable bonds is 7. The summed E-state index contributed by atoms with van der Waals surface area (Å²) in [5.74, 6) is -0.165. The van der Waals surface area contributed by atoms with E-state index in [1.165, 1.54) is 19.3 Å². The quantitative estimate of drug-likeness (QED) is 0.401. The van der Waals surface area contributed by atoms with Gasteiger partial charge in [0.05, 0.1) is 22.4 Å². The second-order valence-electron chi connectivity index (χ2n) is 8.83. The van der Waals surface area contributed by atoms with E-state index in [4.69, 9.17) is 11.5 Å². The molecular formula is C26H32N6O2. The van der Waals surface area contributed by atoms with Gasteiger partial charge in [-0.15, -0.1) is 0 Å². The van der Waals surface area contributed by atoms with E-state index in [0.29, 0.717) is 34.7 Å². The highest BCUT2D eigenvalue weighted by Gasteiger charge is 2.17. The second-order valence-corrected chi connectivity index (χ2v) is 8.83. The summed E-state index contributed by atoms with van der Waals surface area (Å²) in [6.07, 6.45) is 4.71. The van der Waals surface area contributed by atoms with E-state index in [0.717, 1.165) is 19.5 Å². The molecule has 1 aliphatic heterocycles. The Morgan fingerprint density at radius 1 is 1.12 bits per heavy atom. The summed E-state index contributed by atoms with van der Waals surface area (Å²) in [4.78, 5) is 34.9. The molecule has 34 heavy (non-hydrogen) atoms. The molecule has 3 aromatic rings. The molecule has 1 atom stereocenters. The molecule has 6 N–H and O–H groups in total. The topological polar surface area (TPSA) is 130 Å². The maximum atomic E-state index is 12.7. The number of hydrogen-bond donors (Lipinski definition) is 4. The van der Waals surface area contributed by atoms with Crippen molar-refractivity contribution in [1.82, 2.24) is 20.2 Å². The number of piperidine rings is 1. The zero-order chi connectivity index (χ0) is 24.1. The molecule has 2 aromatic carbocycles. The van der Waals surface area contributed by atoms with E-state index in [1.807, 2.05) is 12.1 Å². The number of nitrogens with zero attached hydrogens (tertiary/aromatic N) is 2. The van der Waals surface area contributed by atoms with Gasteiger partial charge in [0, 0.05) is 30.3 Å². The molecule has 1 amide bonds. The number of nitrogens with one attached hydrogen (secondary N) is 2. The third kappa shape index (κ3) is 5.28. The van der Waals surface area contributed by atoms with Gasteiger partial charge in [0.2, 0.25) is 0 Å². The third-order valence-electron chi connectivity index (χ3n) is 6.43. The molecule has 1 fully saturated rings. The molecule has 8 nitrogen and oxygen atoms in total. The lowest BCUT2D eigenvalue weighted by Gasteiger charge is -2.33. The van der Waals surface area contributed by atoms with Gasteiger partial charge in [0.15, 0.2) is 5.69 Å². The lowest BCUT2D eigenvalue weighted by Crippen LogP contribution is -2.39. The monoisotopic (exact) mass is 460 g/mol. The molecule has 0 bridgehead atoms. The van der Waals surface area contributed by atoms with Gasteiger partial charge in [0.25, 0.3) is 11.5 Å². The Morgan fingerprint density at radius 2 is 1.91 bits per heavy atom. The highest BCUT2D eigenvalue weighted by molar-refractivity contribution is 5.96. The Labute approximate surface area is 199 Å². The minimum Gasteiger partial charge on any atom is -0.397 e. The van der Waals surface area contributed by atoms with Gasteiger partial charge in [-0.3, -0.25) is 9.59 Å². The van der Waals surface area contributed by atoms with Crippen LogP contribution in [0.1, 0.15) is 54.2 Å². The predicted molar refractivity (Wildman–Crippen MR) is 136 cm³/mol. The minimum absolute atomic E-state index is 0.0537. The first-order valence-corrected chi connectivity index (χ1v) is 11.8. The first-order valence-electron chi connectivity index (χ1n) is 11.8. The van der Waals surface area contributed by atoms with Crippen LogP contribution in [0.3, 0.4) is 0 Å². The summed E-state index contributed by atoms with van der Waals surface area (Å²) < 4.78 is 0. The Kier molecular flexibility index (Phi) is 7.27. The second kappa shape index (κ2) is 10.5. The highest BCUT2D eigenvalue weighted by Crippen LogP contribution is 2.19. The maximum Gasteiger partial charge on any atom is 0.276 e. The van der Waals surface area contributed by atoms with Gasteiger partial charge in [-0.25, -0.2) is 4.98 Å². The average Bonchev–Trinajstić information content (AvgIpc) is 2.86. The van der Waals surface area contributed by atoms with Gasteiger partial charge in [-0.1, -0.05) is 30.7 Å². The summed E-state index contributed by atoms with van der Waals surface area (Å²) in [5.41, 5.74) is 14.7. The molecule has 0 aliphatic carbocycles. The molecule has 0 spiro atoms. The number of amides is 1. The molecule has 4 rings (SSSR count). The van der Waals surface area contributed by atoms with E-state index < -0.39 is 5.56 Å². The summed E-state index contributed by atoms with van der Waals surface area (Å²) in [7, 11) is 0. The average molecular weight is 461 g/mol. The molecule has 8 heteroatoms. The molecule has 1 aromatic heterocycles. The van der Waals surface area contributed by atoms with Crippen molar-refractivity contribution in [2.75, 3.05) is 19.6 Å². The number of aromatic amines is 1. The lowest BCUT2D eigenvalue weighted by molar-refractivity contribution is 0.0949. The number of para-hydroxylation sites is 2. The number of benzene rings is 2. The molecular weight excluding hydrogens is 428 g/mol. The zero-order valence-corrected chi connectivity index (χ0v) is 19.5. The van der Waals surface area contributed by atoms with Crippen LogP contribution in [0.15, 0.2) is 53.3 Å². The Bertz CT molecular complexity index is 1270. The first kappa shape index (κ1) is 23.5. The Morgan fingerprint density at radius 3 is 2.74 bits per heavy atom. The van der Waals surface area contributed by atoms with E-state index in [2.05, 4.69) is 27.1 Å². The highest BCUT2D eigenvalue weighted by atomic mass is 16.1. The number of hydrogen-bond acceptors (Lipinski definition) is 6. The number of nitrogens with two attached hydrogens (primary N) is 2. The Balaban J connectivity index is 1.45. The van der Waals surface area contributed by atoms with Crippen molar-refractivity contribution >= 4 is 28.3 Å². The van der Waals surface area contributed by atoms with E-state index in [1.54, 1.807) is 36.4 Å². The Hall–Kier alpha value is -3.65. The van der Waals surface area contributed by atoms with Crippen LogP contribution in [0.4, 0.5) is 0 Å². The standard InChI is InChI=1S/C26H32N6O2/c1-17-8-4-5-14-32(17)15-7-13-29-25(33)19-10-6-9-18(16-19)22(27)23(28)24-26(34)31-21-12-3-2-11-20(21)30-24/h2-3,6,9-12,16-17H,4-5,7-8,13-15,27-28H2,1H3,(H,29,33)(H,31,34)/b23-22+. The van der Waals surface area contributed by atoms with Crippen LogP contribution in [-0.2, 0) is 0 Å². The fourth-order valence-corrected chi connectivity index (χ4v) is 4.40. The van der Waals surface area contributed by atoms with Crippen molar-refractivity contribution in [3.05, 3.63) is 75.7 Å². The van der Waals surface area contributed by atoms with Crippen LogP contribution < -0.4 is 22.3 Å². The van der Waals surface area contributed by atoms with Crippen LogP contribution in [0.5, 0.6) is 0 Å². The van der Waals surface area contributed by atoms with Crippen LogP contribution in [-0.4, -0.2) is 46.5 Å². The third-order valence-corrected chi connectivity index (χ3v) is 6.43. The van der Waals surface area contributed by atoms with Gasteiger partial charge < -0.3 is 26.7 Å². The zero-order valence-electron chi connectivity index (χ0n) is 19.5. The summed E-state index contributed by atoms with van der Waals surface area (Å²) in [5, 5.41) is 2.99.